The summed E-state index contributed by atoms with van der Waals surface area (Å²) in [6, 6.07) is 4.94. The molecule has 1 fully saturated rings. The topological polar surface area (TPSA) is 57.6 Å². The number of hydrogen-bond donors (Lipinski definition) is 1. The number of hydrogen-bond acceptors (Lipinski definition) is 4. The fourth-order valence-corrected chi connectivity index (χ4v) is 4.31. The van der Waals surface area contributed by atoms with E-state index in [0.717, 1.165) is 5.56 Å². The summed E-state index contributed by atoms with van der Waals surface area (Å²) >= 11 is 0. The number of aliphatic hydroxyl groups is 1. The van der Waals surface area contributed by atoms with Crippen molar-refractivity contribution in [1.29, 1.82) is 0 Å². The first-order valence-electron chi connectivity index (χ1n) is 6.71. The third-order valence-electron chi connectivity index (χ3n) is 3.73. The van der Waals surface area contributed by atoms with Crippen molar-refractivity contribution in [1.82, 2.24) is 4.90 Å². The molecule has 1 heterocycles. The zero-order chi connectivity index (χ0) is 14.8. The van der Waals surface area contributed by atoms with E-state index in [9.17, 15) is 12.8 Å². The highest BCUT2D eigenvalue weighted by Gasteiger charge is 2.31. The molecular weight excluding hydrogens is 281 g/mol. The number of benzene rings is 1. The Balaban J connectivity index is 2.11. The largest absolute Gasteiger partial charge is 0.395 e. The van der Waals surface area contributed by atoms with Crippen molar-refractivity contribution in [2.45, 2.75) is 25.9 Å². The zero-order valence-corrected chi connectivity index (χ0v) is 12.4. The molecule has 112 valence electrons. The lowest BCUT2D eigenvalue weighted by atomic mass is 10.1. The van der Waals surface area contributed by atoms with Crippen LogP contribution in [0.3, 0.4) is 0 Å². The molecule has 6 heteroatoms. The summed E-state index contributed by atoms with van der Waals surface area (Å²) in [7, 11) is -2.96. The summed E-state index contributed by atoms with van der Waals surface area (Å²) in [6.07, 6.45) is 0.580. The van der Waals surface area contributed by atoms with E-state index < -0.39 is 9.84 Å². The van der Waals surface area contributed by atoms with Crippen molar-refractivity contribution in [3.63, 3.8) is 0 Å². The van der Waals surface area contributed by atoms with Crippen molar-refractivity contribution < 1.29 is 17.9 Å². The number of sulfone groups is 1. The highest BCUT2D eigenvalue weighted by molar-refractivity contribution is 7.91. The molecule has 0 radical (unpaired) electrons. The number of halogens is 1. The zero-order valence-electron chi connectivity index (χ0n) is 11.5. The SMILES string of the molecule is Cc1ccc(CN(CCO)C2CCS(=O)(=O)C2)cc1F. The minimum atomic E-state index is -2.96. The van der Waals surface area contributed by atoms with E-state index in [4.69, 9.17) is 5.11 Å². The molecule has 1 saturated heterocycles. The number of aryl methyl sites for hydroxylation is 1. The Hall–Kier alpha value is -0.980. The summed E-state index contributed by atoms with van der Waals surface area (Å²) in [4.78, 5) is 1.93. The second-order valence-corrected chi connectivity index (χ2v) is 7.56. The average molecular weight is 301 g/mol. The monoisotopic (exact) mass is 301 g/mol. The molecule has 0 saturated carbocycles. The van der Waals surface area contributed by atoms with Crippen molar-refractivity contribution in [3.8, 4) is 0 Å². The molecule has 2 rings (SSSR count). The molecule has 1 aliphatic rings. The fourth-order valence-electron chi connectivity index (χ4n) is 2.55. The van der Waals surface area contributed by atoms with Gasteiger partial charge in [0.1, 0.15) is 5.82 Å². The van der Waals surface area contributed by atoms with Gasteiger partial charge < -0.3 is 5.11 Å². The molecule has 1 N–H and O–H groups in total. The predicted octanol–water partition coefficient (Wildman–Crippen LogP) is 1.12. The summed E-state index contributed by atoms with van der Waals surface area (Å²) < 4.78 is 36.7. The lowest BCUT2D eigenvalue weighted by molar-refractivity contribution is 0.153. The average Bonchev–Trinajstić information content (AvgIpc) is 2.74. The first-order valence-corrected chi connectivity index (χ1v) is 8.54. The quantitative estimate of drug-likeness (QED) is 0.885. The first-order chi connectivity index (χ1) is 9.41. The van der Waals surface area contributed by atoms with Crippen molar-refractivity contribution in [2.75, 3.05) is 24.7 Å². The van der Waals surface area contributed by atoms with E-state index >= 15 is 0 Å². The van der Waals surface area contributed by atoms with E-state index in [1.165, 1.54) is 6.07 Å². The molecule has 0 amide bonds. The van der Waals surface area contributed by atoms with E-state index in [-0.39, 0.29) is 30.0 Å². The van der Waals surface area contributed by atoms with Gasteiger partial charge >= 0.3 is 0 Å². The molecule has 0 aromatic heterocycles. The van der Waals surface area contributed by atoms with Crippen LogP contribution in [-0.2, 0) is 16.4 Å². The molecule has 4 nitrogen and oxygen atoms in total. The van der Waals surface area contributed by atoms with E-state index in [0.29, 0.717) is 25.1 Å². The van der Waals surface area contributed by atoms with Gasteiger partial charge in [0.15, 0.2) is 9.84 Å². The van der Waals surface area contributed by atoms with Crippen LogP contribution in [0.1, 0.15) is 17.5 Å². The highest BCUT2D eigenvalue weighted by Crippen LogP contribution is 2.20. The minimum absolute atomic E-state index is 0.0368. The molecule has 1 aromatic carbocycles. The molecule has 0 spiro atoms. The van der Waals surface area contributed by atoms with Gasteiger partial charge in [0.25, 0.3) is 0 Å². The lowest BCUT2D eigenvalue weighted by Gasteiger charge is -2.27. The van der Waals surface area contributed by atoms with Gasteiger partial charge in [-0.2, -0.15) is 0 Å². The standard InChI is InChI=1S/C14H20FNO3S/c1-11-2-3-12(8-14(11)15)9-16(5-6-17)13-4-7-20(18,19)10-13/h2-3,8,13,17H,4-7,9-10H2,1H3. The fraction of sp³-hybridized carbons (Fsp3) is 0.571. The van der Waals surface area contributed by atoms with E-state index in [1.54, 1.807) is 13.0 Å². The van der Waals surface area contributed by atoms with E-state index in [1.807, 2.05) is 11.0 Å². The lowest BCUT2D eigenvalue weighted by Crippen LogP contribution is -2.37. The van der Waals surface area contributed by atoms with Crippen LogP contribution in [0.25, 0.3) is 0 Å². The Labute approximate surface area is 119 Å². The van der Waals surface area contributed by atoms with Gasteiger partial charge in [-0.15, -0.1) is 0 Å². The summed E-state index contributed by atoms with van der Waals surface area (Å²) in [6.45, 7) is 2.52. The summed E-state index contributed by atoms with van der Waals surface area (Å²) in [5.41, 5.74) is 1.39. The van der Waals surface area contributed by atoms with Crippen LogP contribution < -0.4 is 0 Å². The molecule has 0 bridgehead atoms. The van der Waals surface area contributed by atoms with Gasteiger partial charge in [-0.25, -0.2) is 12.8 Å². The van der Waals surface area contributed by atoms with Gasteiger partial charge in [0, 0.05) is 19.1 Å². The second-order valence-electron chi connectivity index (χ2n) is 5.33. The molecule has 1 aliphatic heterocycles. The van der Waals surface area contributed by atoms with Gasteiger partial charge in [-0.1, -0.05) is 12.1 Å². The van der Waals surface area contributed by atoms with E-state index in [2.05, 4.69) is 0 Å². The van der Waals surface area contributed by atoms with Crippen LogP contribution >= 0.6 is 0 Å². The second kappa shape index (κ2) is 6.20. The van der Waals surface area contributed by atoms with Crippen molar-refractivity contribution in [2.24, 2.45) is 0 Å². The molecule has 1 aromatic rings. The van der Waals surface area contributed by atoms with Crippen LogP contribution in [0, 0.1) is 12.7 Å². The number of rotatable bonds is 5. The molecule has 0 aliphatic carbocycles. The number of nitrogens with zero attached hydrogens (tertiary/aromatic N) is 1. The molecular formula is C14H20FNO3S. The Morgan fingerprint density at radius 1 is 1.45 bits per heavy atom. The molecule has 1 atom stereocenters. The third kappa shape index (κ3) is 3.77. The van der Waals surface area contributed by atoms with Crippen LogP contribution in [0.2, 0.25) is 0 Å². The summed E-state index contributed by atoms with van der Waals surface area (Å²) in [5, 5.41) is 9.14. The highest BCUT2D eigenvalue weighted by atomic mass is 32.2. The summed E-state index contributed by atoms with van der Waals surface area (Å²) in [5.74, 6) is 0.0638. The maximum Gasteiger partial charge on any atom is 0.151 e. The Kier molecular flexibility index (Phi) is 4.78. The maximum atomic E-state index is 13.6. The van der Waals surface area contributed by atoms with Crippen LogP contribution in [0.15, 0.2) is 18.2 Å². The Morgan fingerprint density at radius 3 is 2.75 bits per heavy atom. The van der Waals surface area contributed by atoms with Crippen LogP contribution in [0.5, 0.6) is 0 Å². The maximum absolute atomic E-state index is 13.6. The van der Waals surface area contributed by atoms with Crippen molar-refractivity contribution >= 4 is 9.84 Å². The predicted molar refractivity (Wildman–Crippen MR) is 75.7 cm³/mol. The van der Waals surface area contributed by atoms with Crippen LogP contribution in [-0.4, -0.2) is 49.1 Å². The normalized spacial score (nSPS) is 21.5. The van der Waals surface area contributed by atoms with Crippen molar-refractivity contribution in [3.05, 3.63) is 35.1 Å². The molecule has 1 unspecified atom stereocenters. The minimum Gasteiger partial charge on any atom is -0.395 e. The Bertz CT molecular complexity index is 574. The molecule has 20 heavy (non-hydrogen) atoms. The van der Waals surface area contributed by atoms with Crippen LogP contribution in [0.4, 0.5) is 4.39 Å². The van der Waals surface area contributed by atoms with Gasteiger partial charge in [0.2, 0.25) is 0 Å². The van der Waals surface area contributed by atoms with Gasteiger partial charge in [-0.3, -0.25) is 4.90 Å². The first kappa shape index (κ1) is 15.4. The Morgan fingerprint density at radius 2 is 2.20 bits per heavy atom. The third-order valence-corrected chi connectivity index (χ3v) is 5.48. The van der Waals surface area contributed by atoms with Gasteiger partial charge in [-0.05, 0) is 30.5 Å². The number of aliphatic hydroxyl groups excluding tert-OH is 1. The smallest absolute Gasteiger partial charge is 0.151 e. The van der Waals surface area contributed by atoms with Gasteiger partial charge in [0.05, 0.1) is 18.1 Å².